The van der Waals surface area contributed by atoms with E-state index in [9.17, 15) is 18.4 Å². The van der Waals surface area contributed by atoms with E-state index in [1.165, 1.54) is 4.31 Å². The molecule has 0 saturated heterocycles. The number of amides is 1. The van der Waals surface area contributed by atoms with Crippen molar-refractivity contribution in [2.24, 2.45) is 0 Å². The first-order chi connectivity index (χ1) is 18.8. The van der Waals surface area contributed by atoms with Crippen LogP contribution in [0.1, 0.15) is 90.9 Å². The lowest BCUT2D eigenvalue weighted by Crippen LogP contribution is -2.27. The van der Waals surface area contributed by atoms with Gasteiger partial charge in [-0.25, -0.2) is 9.19 Å². The van der Waals surface area contributed by atoms with Crippen molar-refractivity contribution in [1.29, 1.82) is 0 Å². The van der Waals surface area contributed by atoms with Crippen molar-refractivity contribution >= 4 is 34.2 Å². The fourth-order valence-corrected chi connectivity index (χ4v) is 5.38. The molecule has 2 aromatic heterocycles. The van der Waals surface area contributed by atoms with Crippen LogP contribution in [-0.4, -0.2) is 48.6 Å². The number of hydrogen-bond donors (Lipinski definition) is 3. The Morgan fingerprint density at radius 1 is 1.10 bits per heavy atom. The first-order valence-electron chi connectivity index (χ1n) is 13.6. The first kappa shape index (κ1) is 28.9. The summed E-state index contributed by atoms with van der Waals surface area (Å²) in [5.41, 5.74) is 4.37. The Morgan fingerprint density at radius 2 is 1.77 bits per heavy atom. The highest BCUT2D eigenvalue weighted by Gasteiger charge is 2.31. The highest BCUT2D eigenvalue weighted by molar-refractivity contribution is 7.76. The third kappa shape index (κ3) is 7.52. The zero-order valence-electron chi connectivity index (χ0n) is 22.6. The molecule has 1 saturated carbocycles. The molecule has 1 fully saturated rings. The SMILES string of the molecule is CNC(=O)c1c(-c2ccc(C)cc2)oc2nc(CN(CCCCCCCCC(=O)O)S(=O)O)c(C3CC3)cc12. The van der Waals surface area contributed by atoms with E-state index in [1.807, 2.05) is 37.3 Å². The lowest BCUT2D eigenvalue weighted by Gasteiger charge is -2.19. The molecule has 3 aromatic rings. The summed E-state index contributed by atoms with van der Waals surface area (Å²) in [6, 6.07) is 9.76. The molecule has 0 aliphatic heterocycles. The van der Waals surface area contributed by atoms with E-state index in [0.717, 1.165) is 61.6 Å². The van der Waals surface area contributed by atoms with Crippen LogP contribution in [0.15, 0.2) is 34.7 Å². The van der Waals surface area contributed by atoms with Crippen LogP contribution in [0.25, 0.3) is 22.4 Å². The number of furan rings is 1. The zero-order chi connectivity index (χ0) is 27.9. The van der Waals surface area contributed by atoms with E-state index in [0.29, 0.717) is 47.0 Å². The summed E-state index contributed by atoms with van der Waals surface area (Å²) < 4.78 is 29.9. The third-order valence-electron chi connectivity index (χ3n) is 7.18. The average molecular weight is 556 g/mol. The van der Waals surface area contributed by atoms with Crippen LogP contribution >= 0.6 is 0 Å². The topological polar surface area (TPSA) is 133 Å². The number of unbranched alkanes of at least 4 members (excludes halogenated alkanes) is 5. The fourth-order valence-electron chi connectivity index (χ4n) is 4.86. The highest BCUT2D eigenvalue weighted by Crippen LogP contribution is 2.44. The molecule has 210 valence electrons. The van der Waals surface area contributed by atoms with Crippen LogP contribution in [0.5, 0.6) is 0 Å². The molecule has 4 rings (SSSR count). The Kier molecular flexibility index (Phi) is 9.88. The molecule has 1 aliphatic carbocycles. The van der Waals surface area contributed by atoms with Crippen molar-refractivity contribution in [2.45, 2.75) is 77.2 Å². The maximum absolute atomic E-state index is 13.0. The summed E-state index contributed by atoms with van der Waals surface area (Å²) in [5, 5.41) is 12.1. The number of aliphatic carboxylic acids is 1. The molecule has 1 aliphatic rings. The maximum atomic E-state index is 13.0. The third-order valence-corrected chi connectivity index (χ3v) is 7.93. The lowest BCUT2D eigenvalue weighted by atomic mass is 10.0. The predicted octanol–water partition coefficient (Wildman–Crippen LogP) is 5.79. The van der Waals surface area contributed by atoms with Gasteiger partial charge in [-0.3, -0.25) is 14.1 Å². The molecule has 1 unspecified atom stereocenters. The van der Waals surface area contributed by atoms with Crippen LogP contribution in [0.4, 0.5) is 0 Å². The minimum absolute atomic E-state index is 0.199. The number of carbonyl (C=O) groups is 2. The van der Waals surface area contributed by atoms with Gasteiger partial charge in [-0.1, -0.05) is 55.5 Å². The van der Waals surface area contributed by atoms with Crippen LogP contribution in [0.3, 0.4) is 0 Å². The summed E-state index contributed by atoms with van der Waals surface area (Å²) >= 11 is -2.16. The predicted molar refractivity (Wildman–Crippen MR) is 151 cm³/mol. The molecule has 0 bridgehead atoms. The number of aryl methyl sites for hydroxylation is 1. The number of pyridine rings is 1. The Labute approximate surface area is 231 Å². The van der Waals surface area contributed by atoms with Gasteiger partial charge in [0.05, 0.1) is 23.2 Å². The zero-order valence-corrected chi connectivity index (χ0v) is 23.4. The monoisotopic (exact) mass is 555 g/mol. The number of nitrogens with zero attached hydrogens (tertiary/aromatic N) is 2. The summed E-state index contributed by atoms with van der Waals surface area (Å²) in [6.45, 7) is 2.65. The molecule has 39 heavy (non-hydrogen) atoms. The standard InChI is InChI=1S/C29H37N3O6S/c1-19-10-12-21(13-11-19)27-26(28(35)30-2)23-17-22(20-14-15-20)24(31-29(23)38-27)18-32(39(36)37)16-8-6-4-3-5-7-9-25(33)34/h10-13,17,20H,3-9,14-16,18H2,1-2H3,(H,30,35)(H,33,34)(H,36,37). The number of carboxylic acids is 1. The molecular formula is C29H37N3O6S. The molecule has 3 N–H and O–H groups in total. The van der Waals surface area contributed by atoms with Gasteiger partial charge in [0.2, 0.25) is 17.0 Å². The van der Waals surface area contributed by atoms with Crippen molar-refractivity contribution < 1.29 is 27.9 Å². The van der Waals surface area contributed by atoms with Crippen LogP contribution < -0.4 is 5.32 Å². The quantitative estimate of drug-likeness (QED) is 0.160. The van der Waals surface area contributed by atoms with E-state index < -0.39 is 17.2 Å². The lowest BCUT2D eigenvalue weighted by molar-refractivity contribution is -0.137. The van der Waals surface area contributed by atoms with Gasteiger partial charge in [0, 0.05) is 25.6 Å². The first-order valence-corrected chi connectivity index (χ1v) is 14.7. The molecule has 1 aromatic carbocycles. The minimum atomic E-state index is -2.16. The second kappa shape index (κ2) is 13.3. The fraction of sp³-hybridized carbons (Fsp3) is 0.483. The van der Waals surface area contributed by atoms with Gasteiger partial charge in [-0.05, 0) is 50.2 Å². The number of aromatic nitrogens is 1. The molecule has 1 atom stereocenters. The van der Waals surface area contributed by atoms with Gasteiger partial charge in [0.25, 0.3) is 5.91 Å². The second-order valence-corrected chi connectivity index (χ2v) is 11.2. The number of rotatable bonds is 15. The molecular weight excluding hydrogens is 518 g/mol. The number of hydrogen-bond acceptors (Lipinski definition) is 5. The van der Waals surface area contributed by atoms with Gasteiger partial charge in [0.15, 0.2) is 0 Å². The van der Waals surface area contributed by atoms with Gasteiger partial charge < -0.3 is 14.8 Å². The Bertz CT molecular complexity index is 1330. The van der Waals surface area contributed by atoms with Crippen LogP contribution in [-0.2, 0) is 22.6 Å². The van der Waals surface area contributed by atoms with Crippen molar-refractivity contribution in [2.75, 3.05) is 13.6 Å². The Hall–Kier alpha value is -3.08. The highest BCUT2D eigenvalue weighted by atomic mass is 32.2. The summed E-state index contributed by atoms with van der Waals surface area (Å²) in [4.78, 5) is 28.4. The number of nitrogens with one attached hydrogen (secondary N) is 1. The van der Waals surface area contributed by atoms with Crippen LogP contribution in [0, 0.1) is 6.92 Å². The Balaban J connectivity index is 1.54. The number of fused-ring (bicyclic) bond motifs is 1. The Morgan fingerprint density at radius 3 is 2.38 bits per heavy atom. The van der Waals surface area contributed by atoms with Gasteiger partial charge in [-0.15, -0.1) is 0 Å². The average Bonchev–Trinajstić information content (AvgIpc) is 3.69. The van der Waals surface area contributed by atoms with E-state index in [1.54, 1.807) is 7.05 Å². The number of benzene rings is 1. The van der Waals surface area contributed by atoms with Gasteiger partial charge in [-0.2, -0.15) is 4.31 Å². The molecule has 9 nitrogen and oxygen atoms in total. The second-order valence-electron chi connectivity index (χ2n) is 10.3. The summed E-state index contributed by atoms with van der Waals surface area (Å²) in [6.07, 6.45) is 7.36. The minimum Gasteiger partial charge on any atom is -0.481 e. The molecule has 1 amide bonds. The van der Waals surface area contributed by atoms with Gasteiger partial charge >= 0.3 is 5.97 Å². The van der Waals surface area contributed by atoms with Crippen molar-refractivity contribution in [1.82, 2.24) is 14.6 Å². The van der Waals surface area contributed by atoms with E-state index >= 15 is 0 Å². The largest absolute Gasteiger partial charge is 0.481 e. The van der Waals surface area contributed by atoms with Crippen LogP contribution in [0.2, 0.25) is 0 Å². The normalized spacial score (nSPS) is 14.2. The van der Waals surface area contributed by atoms with Crippen molar-refractivity contribution in [3.8, 4) is 11.3 Å². The van der Waals surface area contributed by atoms with E-state index in [-0.39, 0.29) is 18.9 Å². The number of carboxylic acid groups (broad SMARTS) is 1. The molecule has 0 radical (unpaired) electrons. The van der Waals surface area contributed by atoms with Crippen molar-refractivity contribution in [3.05, 3.63) is 52.7 Å². The van der Waals surface area contributed by atoms with Gasteiger partial charge in [0.1, 0.15) is 5.76 Å². The molecule has 10 heteroatoms. The van der Waals surface area contributed by atoms with E-state index in [4.69, 9.17) is 14.5 Å². The van der Waals surface area contributed by atoms with Crippen molar-refractivity contribution in [3.63, 3.8) is 0 Å². The van der Waals surface area contributed by atoms with E-state index in [2.05, 4.69) is 5.32 Å². The molecule has 2 heterocycles. The summed E-state index contributed by atoms with van der Waals surface area (Å²) in [5.74, 6) is -0.241. The number of carbonyl (C=O) groups excluding carboxylic acids is 1. The maximum Gasteiger partial charge on any atom is 0.303 e. The summed E-state index contributed by atoms with van der Waals surface area (Å²) in [7, 11) is 1.59. The smallest absolute Gasteiger partial charge is 0.303 e. The molecule has 0 spiro atoms.